The molecule has 18 heavy (non-hydrogen) atoms. The molecule has 0 saturated heterocycles. The van der Waals surface area contributed by atoms with Gasteiger partial charge in [-0.3, -0.25) is 0 Å². The van der Waals surface area contributed by atoms with Crippen LogP contribution in [0.1, 0.15) is 45.9 Å². The molecule has 0 aromatic carbocycles. The van der Waals surface area contributed by atoms with Gasteiger partial charge in [-0.25, -0.2) is 10.8 Å². The number of aromatic nitrogens is 2. The van der Waals surface area contributed by atoms with Gasteiger partial charge in [0.25, 0.3) is 0 Å². The third-order valence-electron chi connectivity index (χ3n) is 2.67. The Bertz CT molecular complexity index is 357. The summed E-state index contributed by atoms with van der Waals surface area (Å²) in [6, 6.07) is 1.73. The minimum atomic E-state index is 0.536. The summed E-state index contributed by atoms with van der Waals surface area (Å²) in [7, 11) is 0. The summed E-state index contributed by atoms with van der Waals surface area (Å²) in [4.78, 5) is 8.65. The molecule has 102 valence electrons. The van der Waals surface area contributed by atoms with Gasteiger partial charge in [-0.05, 0) is 18.8 Å². The van der Waals surface area contributed by atoms with Crippen LogP contribution in [-0.4, -0.2) is 16.6 Å². The van der Waals surface area contributed by atoms with E-state index >= 15 is 0 Å². The van der Waals surface area contributed by atoms with E-state index in [0.29, 0.717) is 24.2 Å². The van der Waals surface area contributed by atoms with E-state index in [1.165, 1.54) is 6.42 Å². The van der Waals surface area contributed by atoms with E-state index in [4.69, 9.17) is 10.6 Å². The first-order valence-corrected chi connectivity index (χ1v) is 6.66. The molecule has 5 heteroatoms. The molecule has 1 rings (SSSR count). The first-order chi connectivity index (χ1) is 8.69. The zero-order chi connectivity index (χ0) is 13.4. The average molecular weight is 252 g/mol. The van der Waals surface area contributed by atoms with E-state index in [-0.39, 0.29) is 0 Å². The van der Waals surface area contributed by atoms with E-state index in [2.05, 4.69) is 36.2 Å². The number of ether oxygens (including phenoxy) is 1. The SMILES string of the molecule is CCCc1nc(NN)cc(OCC(C)CCC)n1. The number of aryl methyl sites for hydroxylation is 1. The highest BCUT2D eigenvalue weighted by Gasteiger charge is 2.07. The highest BCUT2D eigenvalue weighted by Crippen LogP contribution is 2.15. The lowest BCUT2D eigenvalue weighted by Gasteiger charge is -2.12. The predicted octanol–water partition coefficient (Wildman–Crippen LogP) is 2.53. The first-order valence-electron chi connectivity index (χ1n) is 6.66. The number of hydrazine groups is 1. The predicted molar refractivity (Wildman–Crippen MR) is 73.4 cm³/mol. The molecule has 0 bridgehead atoms. The lowest BCUT2D eigenvalue weighted by atomic mass is 10.1. The quantitative estimate of drug-likeness (QED) is 0.549. The second kappa shape index (κ2) is 7.87. The van der Waals surface area contributed by atoms with Crippen LogP contribution in [0, 0.1) is 5.92 Å². The Morgan fingerprint density at radius 1 is 1.33 bits per heavy atom. The van der Waals surface area contributed by atoms with E-state index in [9.17, 15) is 0 Å². The third kappa shape index (κ3) is 4.87. The van der Waals surface area contributed by atoms with Crippen LogP contribution in [0.3, 0.4) is 0 Å². The fourth-order valence-corrected chi connectivity index (χ4v) is 1.76. The smallest absolute Gasteiger partial charge is 0.218 e. The maximum absolute atomic E-state index is 5.70. The number of nitrogen functional groups attached to an aromatic ring is 1. The number of rotatable bonds is 8. The minimum Gasteiger partial charge on any atom is -0.477 e. The maximum atomic E-state index is 5.70. The van der Waals surface area contributed by atoms with Crippen molar-refractivity contribution in [2.24, 2.45) is 11.8 Å². The van der Waals surface area contributed by atoms with Gasteiger partial charge < -0.3 is 10.2 Å². The number of nitrogens with two attached hydrogens (primary N) is 1. The van der Waals surface area contributed by atoms with Crippen molar-refractivity contribution in [2.45, 2.75) is 46.5 Å². The molecule has 1 atom stereocenters. The number of nitrogens with one attached hydrogen (secondary N) is 1. The van der Waals surface area contributed by atoms with Gasteiger partial charge in [-0.1, -0.05) is 27.2 Å². The summed E-state index contributed by atoms with van der Waals surface area (Å²) in [6.45, 7) is 7.13. The van der Waals surface area contributed by atoms with Crippen LogP contribution in [0.5, 0.6) is 5.88 Å². The van der Waals surface area contributed by atoms with E-state index in [1.807, 2.05) is 0 Å². The number of hydrogen-bond donors (Lipinski definition) is 2. The normalized spacial score (nSPS) is 12.2. The second-order valence-corrected chi connectivity index (χ2v) is 4.61. The van der Waals surface area contributed by atoms with Gasteiger partial charge in [0.1, 0.15) is 11.6 Å². The van der Waals surface area contributed by atoms with Crippen molar-refractivity contribution in [2.75, 3.05) is 12.0 Å². The van der Waals surface area contributed by atoms with Crippen molar-refractivity contribution in [3.63, 3.8) is 0 Å². The highest BCUT2D eigenvalue weighted by atomic mass is 16.5. The Balaban J connectivity index is 2.65. The largest absolute Gasteiger partial charge is 0.477 e. The molecule has 0 saturated carbocycles. The molecule has 0 aliphatic carbocycles. The van der Waals surface area contributed by atoms with Crippen LogP contribution >= 0.6 is 0 Å². The second-order valence-electron chi connectivity index (χ2n) is 4.61. The van der Waals surface area contributed by atoms with Crippen molar-refractivity contribution in [3.05, 3.63) is 11.9 Å². The molecule has 0 fully saturated rings. The zero-order valence-corrected chi connectivity index (χ0v) is 11.6. The Hall–Kier alpha value is -1.36. The molecule has 0 aliphatic rings. The van der Waals surface area contributed by atoms with Crippen LogP contribution < -0.4 is 16.0 Å². The van der Waals surface area contributed by atoms with Crippen LogP contribution in [0.2, 0.25) is 0 Å². The molecular weight excluding hydrogens is 228 g/mol. The Morgan fingerprint density at radius 2 is 2.11 bits per heavy atom. The molecular formula is C13H24N4O. The monoisotopic (exact) mass is 252 g/mol. The average Bonchev–Trinajstić information content (AvgIpc) is 2.37. The molecule has 1 aromatic heterocycles. The first kappa shape index (κ1) is 14.7. The van der Waals surface area contributed by atoms with Crippen molar-refractivity contribution in [1.82, 2.24) is 9.97 Å². The van der Waals surface area contributed by atoms with Crippen LogP contribution in [0.4, 0.5) is 5.82 Å². The van der Waals surface area contributed by atoms with Crippen LogP contribution in [0.15, 0.2) is 6.07 Å². The molecule has 3 N–H and O–H groups in total. The molecule has 0 aliphatic heterocycles. The van der Waals surface area contributed by atoms with Crippen molar-refractivity contribution < 1.29 is 4.74 Å². The molecule has 1 unspecified atom stereocenters. The zero-order valence-electron chi connectivity index (χ0n) is 11.6. The Morgan fingerprint density at radius 3 is 2.72 bits per heavy atom. The van der Waals surface area contributed by atoms with Gasteiger partial charge in [0.2, 0.25) is 5.88 Å². The lowest BCUT2D eigenvalue weighted by Crippen LogP contribution is -2.13. The minimum absolute atomic E-state index is 0.536. The summed E-state index contributed by atoms with van der Waals surface area (Å²) in [5.41, 5.74) is 2.55. The highest BCUT2D eigenvalue weighted by molar-refractivity contribution is 5.36. The van der Waals surface area contributed by atoms with Crippen LogP contribution in [0.25, 0.3) is 0 Å². The fourth-order valence-electron chi connectivity index (χ4n) is 1.76. The summed E-state index contributed by atoms with van der Waals surface area (Å²) in [5.74, 6) is 7.90. The summed E-state index contributed by atoms with van der Waals surface area (Å²) < 4.78 is 5.70. The topological polar surface area (TPSA) is 73.1 Å². The summed E-state index contributed by atoms with van der Waals surface area (Å²) in [5, 5.41) is 0. The summed E-state index contributed by atoms with van der Waals surface area (Å²) >= 11 is 0. The molecule has 0 spiro atoms. The van der Waals surface area contributed by atoms with Gasteiger partial charge in [0.15, 0.2) is 0 Å². The number of anilines is 1. The maximum Gasteiger partial charge on any atom is 0.218 e. The van der Waals surface area contributed by atoms with Gasteiger partial charge in [-0.2, -0.15) is 4.98 Å². The summed E-state index contributed by atoms with van der Waals surface area (Å²) in [6.07, 6.45) is 4.16. The standard InChI is InChI=1S/C13H24N4O/c1-4-6-10(3)9-18-13-8-12(17-14)15-11(16-13)7-5-2/h8,10H,4-7,9,14H2,1-3H3,(H,15,16,17). The molecule has 5 nitrogen and oxygen atoms in total. The Labute approximate surface area is 109 Å². The Kier molecular flexibility index (Phi) is 6.43. The van der Waals surface area contributed by atoms with Gasteiger partial charge in [0.05, 0.1) is 6.61 Å². The van der Waals surface area contributed by atoms with Crippen molar-refractivity contribution >= 4 is 5.82 Å². The van der Waals surface area contributed by atoms with Crippen LogP contribution in [-0.2, 0) is 6.42 Å². The van der Waals surface area contributed by atoms with E-state index < -0.39 is 0 Å². The van der Waals surface area contributed by atoms with Gasteiger partial charge in [-0.15, -0.1) is 0 Å². The number of hydrogen-bond acceptors (Lipinski definition) is 5. The molecule has 1 aromatic rings. The van der Waals surface area contributed by atoms with Gasteiger partial charge in [0, 0.05) is 12.5 Å². The molecule has 1 heterocycles. The van der Waals surface area contributed by atoms with Gasteiger partial charge >= 0.3 is 0 Å². The van der Waals surface area contributed by atoms with E-state index in [0.717, 1.165) is 25.1 Å². The van der Waals surface area contributed by atoms with Crippen molar-refractivity contribution in [1.29, 1.82) is 0 Å². The van der Waals surface area contributed by atoms with Crippen molar-refractivity contribution in [3.8, 4) is 5.88 Å². The third-order valence-corrected chi connectivity index (χ3v) is 2.67. The molecule has 0 radical (unpaired) electrons. The lowest BCUT2D eigenvalue weighted by molar-refractivity contribution is 0.242. The molecule has 0 amide bonds. The fraction of sp³-hybridized carbons (Fsp3) is 0.692. The van der Waals surface area contributed by atoms with E-state index in [1.54, 1.807) is 6.07 Å². The number of nitrogens with zero attached hydrogens (tertiary/aromatic N) is 2.